The summed E-state index contributed by atoms with van der Waals surface area (Å²) < 4.78 is 20.7. The lowest BCUT2D eigenvalue weighted by molar-refractivity contribution is -0.133. The van der Waals surface area contributed by atoms with E-state index in [0.717, 1.165) is 0 Å². The fourth-order valence-corrected chi connectivity index (χ4v) is 3.96. The average molecular weight is 372 g/mol. The second-order valence-electron chi connectivity index (χ2n) is 7.19. The molecule has 0 bridgehead atoms. The zero-order valence-corrected chi connectivity index (χ0v) is 15.4. The molecular formula is C18H17FN4O2S. The van der Waals surface area contributed by atoms with Gasteiger partial charge in [-0.05, 0) is 32.1 Å². The minimum atomic E-state index is -1.08. The van der Waals surface area contributed by atoms with Crippen molar-refractivity contribution in [3.8, 4) is 16.9 Å². The minimum Gasteiger partial charge on any atom is -0.487 e. The van der Waals surface area contributed by atoms with Crippen LogP contribution >= 0.6 is 12.2 Å². The smallest absolute Gasteiger partial charge is 0.259 e. The Labute approximate surface area is 155 Å². The van der Waals surface area contributed by atoms with Gasteiger partial charge in [-0.25, -0.2) is 14.4 Å². The van der Waals surface area contributed by atoms with Crippen molar-refractivity contribution in [1.82, 2.24) is 20.2 Å². The number of carbonyl (C=O) groups excluding carboxylic acids is 1. The normalized spacial score (nSPS) is 23.6. The third-order valence-corrected chi connectivity index (χ3v) is 5.15. The molecule has 2 aromatic rings. The van der Waals surface area contributed by atoms with Crippen molar-refractivity contribution in [1.29, 1.82) is 0 Å². The highest BCUT2D eigenvalue weighted by atomic mass is 32.1. The first-order valence-electron chi connectivity index (χ1n) is 8.12. The summed E-state index contributed by atoms with van der Waals surface area (Å²) >= 11 is 5.29. The van der Waals surface area contributed by atoms with Crippen LogP contribution in [0.2, 0.25) is 0 Å². The lowest BCUT2D eigenvalue weighted by Crippen LogP contribution is -2.53. The van der Waals surface area contributed by atoms with Crippen molar-refractivity contribution < 1.29 is 13.9 Å². The van der Waals surface area contributed by atoms with Gasteiger partial charge < -0.3 is 10.1 Å². The third kappa shape index (κ3) is 2.36. The van der Waals surface area contributed by atoms with Gasteiger partial charge in [0.1, 0.15) is 23.5 Å². The van der Waals surface area contributed by atoms with E-state index in [0.29, 0.717) is 34.0 Å². The van der Waals surface area contributed by atoms with E-state index < -0.39 is 17.0 Å². The highest BCUT2D eigenvalue weighted by Crippen LogP contribution is 2.48. The van der Waals surface area contributed by atoms with E-state index in [9.17, 15) is 9.18 Å². The van der Waals surface area contributed by atoms with E-state index in [1.165, 1.54) is 29.7 Å². The summed E-state index contributed by atoms with van der Waals surface area (Å²) in [4.78, 5) is 22.4. The first-order valence-corrected chi connectivity index (χ1v) is 8.53. The van der Waals surface area contributed by atoms with E-state index in [-0.39, 0.29) is 5.91 Å². The summed E-state index contributed by atoms with van der Waals surface area (Å²) in [6.07, 6.45) is 4.80. The molecule has 4 rings (SSSR count). The Balaban J connectivity index is 1.96. The Bertz CT molecular complexity index is 934. The Morgan fingerprint density at radius 1 is 1.31 bits per heavy atom. The van der Waals surface area contributed by atoms with Crippen molar-refractivity contribution in [2.45, 2.75) is 31.4 Å². The number of nitrogens with one attached hydrogen (secondary N) is 1. The van der Waals surface area contributed by atoms with Crippen molar-refractivity contribution in [2.75, 3.05) is 7.05 Å². The van der Waals surface area contributed by atoms with E-state index in [1.54, 1.807) is 13.1 Å². The minimum absolute atomic E-state index is 0.179. The van der Waals surface area contributed by atoms with Crippen LogP contribution in [0.25, 0.3) is 11.1 Å². The number of hydrogen-bond donors (Lipinski definition) is 1. The Kier molecular flexibility index (Phi) is 3.52. The molecule has 1 atom stereocenters. The zero-order valence-electron chi connectivity index (χ0n) is 14.5. The largest absolute Gasteiger partial charge is 0.487 e. The van der Waals surface area contributed by atoms with Gasteiger partial charge in [-0.1, -0.05) is 0 Å². The lowest BCUT2D eigenvalue weighted by Gasteiger charge is -2.42. The fourth-order valence-electron chi connectivity index (χ4n) is 3.70. The fraction of sp³-hybridized carbons (Fsp3) is 0.333. The number of thiocarbonyl (C=S) groups is 1. The van der Waals surface area contributed by atoms with E-state index in [2.05, 4.69) is 15.3 Å². The second kappa shape index (κ2) is 5.44. The van der Waals surface area contributed by atoms with Gasteiger partial charge in [0.25, 0.3) is 5.91 Å². The second-order valence-corrected chi connectivity index (χ2v) is 7.58. The maximum absolute atomic E-state index is 14.8. The molecule has 1 unspecified atom stereocenters. The molecule has 6 nitrogen and oxygen atoms in total. The molecule has 1 spiro atoms. The highest BCUT2D eigenvalue weighted by Gasteiger charge is 2.56. The molecule has 1 saturated heterocycles. The molecule has 3 heterocycles. The molecule has 1 amide bonds. The van der Waals surface area contributed by atoms with Crippen molar-refractivity contribution in [3.05, 3.63) is 42.2 Å². The molecule has 1 aromatic carbocycles. The Hall–Kier alpha value is -2.61. The summed E-state index contributed by atoms with van der Waals surface area (Å²) in [7, 11) is 1.63. The van der Waals surface area contributed by atoms with Crippen LogP contribution in [0.1, 0.15) is 25.8 Å². The van der Waals surface area contributed by atoms with Gasteiger partial charge in [0.2, 0.25) is 0 Å². The van der Waals surface area contributed by atoms with Gasteiger partial charge in [0.05, 0.1) is 0 Å². The van der Waals surface area contributed by atoms with Gasteiger partial charge in [-0.2, -0.15) is 0 Å². The molecule has 2 aliphatic heterocycles. The van der Waals surface area contributed by atoms with Crippen molar-refractivity contribution in [2.24, 2.45) is 0 Å². The third-order valence-electron chi connectivity index (χ3n) is 4.77. The number of benzene rings is 1. The molecular weight excluding hydrogens is 355 g/mol. The first-order chi connectivity index (χ1) is 12.2. The number of rotatable bonds is 1. The van der Waals surface area contributed by atoms with Gasteiger partial charge in [0, 0.05) is 48.6 Å². The van der Waals surface area contributed by atoms with Crippen LogP contribution < -0.4 is 10.1 Å². The van der Waals surface area contributed by atoms with Crippen LogP contribution in [-0.4, -0.2) is 38.5 Å². The number of carbonyl (C=O) groups is 1. The van der Waals surface area contributed by atoms with E-state index in [1.807, 2.05) is 13.8 Å². The number of hydrogen-bond acceptors (Lipinski definition) is 5. The summed E-state index contributed by atoms with van der Waals surface area (Å²) in [6.45, 7) is 3.73. The van der Waals surface area contributed by atoms with Crippen LogP contribution in [0.4, 0.5) is 4.39 Å². The monoisotopic (exact) mass is 372 g/mol. The topological polar surface area (TPSA) is 67.4 Å². The predicted molar refractivity (Wildman–Crippen MR) is 96.9 cm³/mol. The predicted octanol–water partition coefficient (Wildman–Crippen LogP) is 2.39. The standard InChI is InChI=1S/C18H17FN4O2S/c1-17(2)8-18(15(24)23(3)16(26)22-18)12-4-11(10-6-20-9-21-7-10)13(19)5-14(12)25-17/h4-7,9H,8H2,1-3H3,(H,22,26). The van der Waals surface area contributed by atoms with Crippen LogP contribution in [0.3, 0.4) is 0 Å². The van der Waals surface area contributed by atoms with Gasteiger partial charge in [-0.15, -0.1) is 0 Å². The van der Waals surface area contributed by atoms with Crippen LogP contribution in [0.15, 0.2) is 30.9 Å². The lowest BCUT2D eigenvalue weighted by atomic mass is 9.76. The molecule has 1 aromatic heterocycles. The Morgan fingerprint density at radius 3 is 2.62 bits per heavy atom. The van der Waals surface area contributed by atoms with Crippen molar-refractivity contribution >= 4 is 23.2 Å². The zero-order chi connectivity index (χ0) is 18.7. The van der Waals surface area contributed by atoms with Crippen LogP contribution in [-0.2, 0) is 10.3 Å². The molecule has 134 valence electrons. The first kappa shape index (κ1) is 16.8. The van der Waals surface area contributed by atoms with Gasteiger partial charge in [0.15, 0.2) is 10.7 Å². The van der Waals surface area contributed by atoms with Crippen LogP contribution in [0.5, 0.6) is 5.75 Å². The summed E-state index contributed by atoms with van der Waals surface area (Å²) in [5, 5.41) is 3.49. The van der Waals surface area contributed by atoms with Gasteiger partial charge in [-0.3, -0.25) is 9.69 Å². The number of likely N-dealkylation sites (N-methyl/N-ethyl adjacent to an activating group) is 1. The SMILES string of the molecule is CN1C(=O)C2(CC(C)(C)Oc3cc(F)c(-c4cncnc4)cc32)NC1=S. The number of amides is 1. The molecule has 1 N–H and O–H groups in total. The summed E-state index contributed by atoms with van der Waals surface area (Å²) in [5.41, 5.74) is -0.355. The molecule has 0 radical (unpaired) electrons. The quantitative estimate of drug-likeness (QED) is 0.776. The van der Waals surface area contributed by atoms with E-state index >= 15 is 0 Å². The van der Waals surface area contributed by atoms with E-state index in [4.69, 9.17) is 17.0 Å². The highest BCUT2D eigenvalue weighted by molar-refractivity contribution is 7.80. The maximum Gasteiger partial charge on any atom is 0.259 e. The molecule has 26 heavy (non-hydrogen) atoms. The summed E-state index contributed by atoms with van der Waals surface area (Å²) in [6, 6.07) is 2.95. The van der Waals surface area contributed by atoms with Crippen molar-refractivity contribution in [3.63, 3.8) is 0 Å². The number of fused-ring (bicyclic) bond motifs is 2. The number of halogens is 1. The molecule has 2 aliphatic rings. The van der Waals surface area contributed by atoms with Crippen LogP contribution in [0, 0.1) is 5.82 Å². The molecule has 0 saturated carbocycles. The Morgan fingerprint density at radius 2 is 2.00 bits per heavy atom. The molecule has 0 aliphatic carbocycles. The summed E-state index contributed by atoms with van der Waals surface area (Å²) in [5.74, 6) is -0.312. The number of ether oxygens (including phenoxy) is 1. The molecule has 8 heteroatoms. The number of aromatic nitrogens is 2. The van der Waals surface area contributed by atoms with Gasteiger partial charge >= 0.3 is 0 Å². The average Bonchev–Trinajstić information content (AvgIpc) is 2.78. The molecule has 1 fully saturated rings. The maximum atomic E-state index is 14.8. The number of nitrogens with zero attached hydrogens (tertiary/aromatic N) is 3.